The summed E-state index contributed by atoms with van der Waals surface area (Å²) in [5.74, 6) is 0.808. The molecule has 4 N–H and O–H groups in total. The van der Waals surface area contributed by atoms with Gasteiger partial charge in [0.05, 0.1) is 5.39 Å². The van der Waals surface area contributed by atoms with Crippen LogP contribution in [0.25, 0.3) is 10.8 Å². The highest BCUT2D eigenvalue weighted by atomic mass is 16.1. The number of pyridine rings is 2. The van der Waals surface area contributed by atoms with E-state index in [1.807, 2.05) is 13.0 Å². The van der Waals surface area contributed by atoms with Gasteiger partial charge in [-0.15, -0.1) is 0 Å². The Balaban J connectivity index is 2.11. The Morgan fingerprint density at radius 2 is 1.97 bits per heavy atom. The SMILES string of the molecule is C=N/C(=C\C(=C)C)Nc1cc2ccn(C)c(=O)c2c(Nc2ccc(C(N)=O)cc2)n1. The number of nitrogens with zero attached hydrogens (tertiary/aromatic N) is 3. The molecular formula is C22H22N6O2. The van der Waals surface area contributed by atoms with Gasteiger partial charge in [-0.2, -0.15) is 0 Å². The average molecular weight is 402 g/mol. The highest BCUT2D eigenvalue weighted by Crippen LogP contribution is 2.26. The Morgan fingerprint density at radius 3 is 2.57 bits per heavy atom. The van der Waals surface area contributed by atoms with Crippen molar-refractivity contribution in [3.63, 3.8) is 0 Å². The highest BCUT2D eigenvalue weighted by Gasteiger charge is 2.12. The summed E-state index contributed by atoms with van der Waals surface area (Å²) in [6, 6.07) is 10.2. The third-order valence-electron chi connectivity index (χ3n) is 4.30. The molecule has 0 atom stereocenters. The van der Waals surface area contributed by atoms with Gasteiger partial charge in [0.25, 0.3) is 5.56 Å². The van der Waals surface area contributed by atoms with Gasteiger partial charge in [0.1, 0.15) is 17.5 Å². The van der Waals surface area contributed by atoms with Gasteiger partial charge in [0, 0.05) is 24.5 Å². The number of primary amides is 1. The van der Waals surface area contributed by atoms with E-state index in [2.05, 4.69) is 33.9 Å². The first-order valence-corrected chi connectivity index (χ1v) is 9.06. The number of anilines is 3. The summed E-state index contributed by atoms with van der Waals surface area (Å²) in [6.07, 6.45) is 3.43. The maximum atomic E-state index is 12.8. The van der Waals surface area contributed by atoms with Gasteiger partial charge in [-0.25, -0.2) is 9.98 Å². The van der Waals surface area contributed by atoms with E-state index in [1.165, 1.54) is 4.57 Å². The number of nitrogens with one attached hydrogen (secondary N) is 2. The van der Waals surface area contributed by atoms with Gasteiger partial charge in [0.2, 0.25) is 5.91 Å². The van der Waals surface area contributed by atoms with Crippen LogP contribution in [-0.2, 0) is 7.05 Å². The molecule has 1 amide bonds. The van der Waals surface area contributed by atoms with Gasteiger partial charge in [-0.1, -0.05) is 12.2 Å². The molecule has 0 aliphatic rings. The molecule has 1 aromatic carbocycles. The molecule has 8 nitrogen and oxygen atoms in total. The molecule has 2 aromatic heterocycles. The number of benzene rings is 1. The number of amides is 1. The minimum absolute atomic E-state index is 0.192. The number of nitrogens with two attached hydrogens (primary N) is 1. The van der Waals surface area contributed by atoms with Crippen LogP contribution in [0.5, 0.6) is 0 Å². The van der Waals surface area contributed by atoms with E-state index in [9.17, 15) is 9.59 Å². The van der Waals surface area contributed by atoms with E-state index in [0.29, 0.717) is 39.5 Å². The minimum Gasteiger partial charge on any atom is -0.366 e. The van der Waals surface area contributed by atoms with E-state index in [1.54, 1.807) is 49.7 Å². The zero-order chi connectivity index (χ0) is 21.8. The van der Waals surface area contributed by atoms with Crippen molar-refractivity contribution in [3.8, 4) is 0 Å². The van der Waals surface area contributed by atoms with Crippen LogP contribution in [0, 0.1) is 0 Å². The van der Waals surface area contributed by atoms with E-state index < -0.39 is 5.91 Å². The first kappa shape index (κ1) is 20.5. The summed E-state index contributed by atoms with van der Waals surface area (Å²) in [6.45, 7) is 9.23. The third-order valence-corrected chi connectivity index (χ3v) is 4.30. The summed E-state index contributed by atoms with van der Waals surface area (Å²) in [5.41, 5.74) is 6.93. The van der Waals surface area contributed by atoms with Gasteiger partial charge in [-0.05, 0) is 61.5 Å². The molecule has 0 bridgehead atoms. The number of aromatic nitrogens is 2. The van der Waals surface area contributed by atoms with Crippen LogP contribution < -0.4 is 21.9 Å². The summed E-state index contributed by atoms with van der Waals surface area (Å²) >= 11 is 0. The number of aliphatic imine (C=N–C) groups is 1. The Labute approximate surface area is 173 Å². The largest absolute Gasteiger partial charge is 0.366 e. The Kier molecular flexibility index (Phi) is 5.78. The summed E-state index contributed by atoms with van der Waals surface area (Å²) in [4.78, 5) is 32.6. The second kappa shape index (κ2) is 8.44. The van der Waals surface area contributed by atoms with Crippen molar-refractivity contribution in [1.82, 2.24) is 9.55 Å². The molecule has 0 radical (unpaired) electrons. The molecule has 8 heteroatoms. The fourth-order valence-corrected chi connectivity index (χ4v) is 2.85. The molecule has 30 heavy (non-hydrogen) atoms. The minimum atomic E-state index is -0.515. The van der Waals surface area contributed by atoms with E-state index in [-0.39, 0.29) is 5.56 Å². The number of aryl methyl sites for hydroxylation is 1. The third kappa shape index (κ3) is 4.44. The van der Waals surface area contributed by atoms with E-state index in [4.69, 9.17) is 5.73 Å². The van der Waals surface area contributed by atoms with Crippen molar-refractivity contribution in [1.29, 1.82) is 0 Å². The lowest BCUT2D eigenvalue weighted by atomic mass is 10.1. The van der Waals surface area contributed by atoms with Crippen molar-refractivity contribution in [2.24, 2.45) is 17.8 Å². The lowest BCUT2D eigenvalue weighted by Gasteiger charge is -2.13. The quantitative estimate of drug-likeness (QED) is 0.414. The normalized spacial score (nSPS) is 11.2. The van der Waals surface area contributed by atoms with Crippen molar-refractivity contribution in [3.05, 3.63) is 82.6 Å². The molecule has 152 valence electrons. The average Bonchev–Trinajstić information content (AvgIpc) is 2.70. The van der Waals surface area contributed by atoms with Crippen molar-refractivity contribution in [2.45, 2.75) is 6.92 Å². The number of rotatable bonds is 7. The molecule has 0 unspecified atom stereocenters. The Hall–Kier alpha value is -4.20. The number of carbonyl (C=O) groups is 1. The molecule has 2 heterocycles. The molecule has 0 aliphatic carbocycles. The van der Waals surface area contributed by atoms with Gasteiger partial charge in [0.15, 0.2) is 0 Å². The van der Waals surface area contributed by atoms with Crippen molar-refractivity contribution in [2.75, 3.05) is 10.6 Å². The summed E-state index contributed by atoms with van der Waals surface area (Å²) in [7, 11) is 1.68. The number of carbonyl (C=O) groups excluding carboxylic acids is 1. The lowest BCUT2D eigenvalue weighted by Crippen LogP contribution is -2.17. The molecule has 0 saturated heterocycles. The zero-order valence-corrected chi connectivity index (χ0v) is 16.8. The number of hydrogen-bond donors (Lipinski definition) is 3. The standard InChI is InChI=1S/C22H22N6O2/c1-13(2)11-17(24-3)26-18-12-15-9-10-28(4)22(30)19(15)21(27-18)25-16-7-5-14(6-8-16)20(23)29/h5-12H,1,3H2,2,4H3,(H2,23,29)(H2,25,26,27)/b17-11+. The molecule has 0 fully saturated rings. The summed E-state index contributed by atoms with van der Waals surface area (Å²) < 4.78 is 1.48. The van der Waals surface area contributed by atoms with Crippen molar-refractivity contribution >= 4 is 40.7 Å². The Bertz CT molecular complexity index is 1240. The lowest BCUT2D eigenvalue weighted by molar-refractivity contribution is 0.100. The molecule has 0 aliphatic heterocycles. The Morgan fingerprint density at radius 1 is 1.27 bits per heavy atom. The second-order valence-corrected chi connectivity index (χ2v) is 6.78. The van der Waals surface area contributed by atoms with Crippen LogP contribution in [0.2, 0.25) is 0 Å². The van der Waals surface area contributed by atoms with Gasteiger partial charge < -0.3 is 20.9 Å². The predicted octanol–water partition coefficient (Wildman–Crippen LogP) is 3.31. The number of hydrogen-bond acceptors (Lipinski definition) is 6. The van der Waals surface area contributed by atoms with Crippen LogP contribution in [0.15, 0.2) is 76.4 Å². The molecule has 0 spiro atoms. The predicted molar refractivity (Wildman–Crippen MR) is 121 cm³/mol. The molecule has 3 aromatic rings. The van der Waals surface area contributed by atoms with Gasteiger partial charge >= 0.3 is 0 Å². The molecular weight excluding hydrogens is 380 g/mol. The first-order chi connectivity index (χ1) is 14.3. The maximum Gasteiger partial charge on any atom is 0.261 e. The van der Waals surface area contributed by atoms with Crippen LogP contribution in [-0.4, -0.2) is 22.2 Å². The van der Waals surface area contributed by atoms with Crippen LogP contribution in [0.4, 0.5) is 17.3 Å². The number of allylic oxidation sites excluding steroid dienone is 2. The topological polar surface area (TPSA) is 114 Å². The fourth-order valence-electron chi connectivity index (χ4n) is 2.85. The zero-order valence-electron chi connectivity index (χ0n) is 16.8. The number of fused-ring (bicyclic) bond motifs is 1. The van der Waals surface area contributed by atoms with E-state index in [0.717, 1.165) is 5.57 Å². The van der Waals surface area contributed by atoms with Crippen molar-refractivity contribution < 1.29 is 4.79 Å². The first-order valence-electron chi connectivity index (χ1n) is 9.06. The van der Waals surface area contributed by atoms with Crippen LogP contribution in [0.3, 0.4) is 0 Å². The summed E-state index contributed by atoms with van der Waals surface area (Å²) in [5, 5.41) is 7.37. The van der Waals surface area contributed by atoms with Crippen LogP contribution >= 0.6 is 0 Å². The fraction of sp³-hybridized carbons (Fsp3) is 0.0909. The molecule has 3 rings (SSSR count). The van der Waals surface area contributed by atoms with Crippen LogP contribution in [0.1, 0.15) is 17.3 Å². The smallest absolute Gasteiger partial charge is 0.261 e. The monoisotopic (exact) mass is 402 g/mol. The highest BCUT2D eigenvalue weighted by molar-refractivity contribution is 5.95. The van der Waals surface area contributed by atoms with E-state index >= 15 is 0 Å². The molecule has 0 saturated carbocycles. The second-order valence-electron chi connectivity index (χ2n) is 6.78. The van der Waals surface area contributed by atoms with Gasteiger partial charge in [-0.3, -0.25) is 9.59 Å². The maximum absolute atomic E-state index is 12.8.